The van der Waals surface area contributed by atoms with Crippen molar-refractivity contribution in [1.82, 2.24) is 10.3 Å². The highest BCUT2D eigenvalue weighted by Gasteiger charge is 2.46. The van der Waals surface area contributed by atoms with Crippen molar-refractivity contribution in [2.45, 2.75) is 31.2 Å². The Morgan fingerprint density at radius 2 is 2.10 bits per heavy atom. The Hall–Kier alpha value is -1.50. The average Bonchev–Trinajstić information content (AvgIpc) is 3.19. The van der Waals surface area contributed by atoms with E-state index in [9.17, 15) is 13.2 Å². The zero-order valence-electron chi connectivity index (χ0n) is 10.8. The van der Waals surface area contributed by atoms with Crippen LogP contribution >= 0.6 is 0 Å². The average molecular weight is 284 g/mol. The number of halogens is 3. The number of pyridine rings is 1. The van der Waals surface area contributed by atoms with Gasteiger partial charge in [-0.3, -0.25) is 0 Å². The minimum Gasteiger partial charge on any atom is -0.344 e. The summed E-state index contributed by atoms with van der Waals surface area (Å²) in [6.45, 7) is 2.41. The Morgan fingerprint density at radius 3 is 2.80 bits per heavy atom. The second-order valence-electron chi connectivity index (χ2n) is 5.58. The summed E-state index contributed by atoms with van der Waals surface area (Å²) in [6.07, 6.45) is -1.16. The van der Waals surface area contributed by atoms with Crippen LogP contribution < -0.4 is 15.1 Å². The molecule has 108 valence electrons. The lowest BCUT2D eigenvalue weighted by atomic mass is 10.2. The third-order valence-corrected chi connectivity index (χ3v) is 4.20. The maximum atomic E-state index is 12.9. The van der Waals surface area contributed by atoms with E-state index in [4.69, 9.17) is 0 Å². The van der Waals surface area contributed by atoms with Crippen molar-refractivity contribution < 1.29 is 13.2 Å². The Morgan fingerprint density at radius 1 is 1.30 bits per heavy atom. The van der Waals surface area contributed by atoms with Crippen LogP contribution in [-0.4, -0.2) is 36.8 Å². The second kappa shape index (κ2) is 4.00. The van der Waals surface area contributed by atoms with Gasteiger partial charge in [0.25, 0.3) is 0 Å². The molecule has 0 amide bonds. The number of fused-ring (bicyclic) bond motifs is 3. The number of rotatable bonds is 1. The molecular weight excluding hydrogens is 269 g/mol. The van der Waals surface area contributed by atoms with Crippen LogP contribution in [0.2, 0.25) is 0 Å². The van der Waals surface area contributed by atoms with E-state index in [0.717, 1.165) is 38.7 Å². The largest absolute Gasteiger partial charge is 0.417 e. The quantitative estimate of drug-likeness (QED) is 0.852. The first-order valence-corrected chi connectivity index (χ1v) is 6.88. The zero-order valence-corrected chi connectivity index (χ0v) is 10.8. The van der Waals surface area contributed by atoms with Crippen molar-refractivity contribution in [3.05, 3.63) is 17.8 Å². The van der Waals surface area contributed by atoms with Crippen molar-refractivity contribution in [3.8, 4) is 0 Å². The monoisotopic (exact) mass is 284 g/mol. The highest BCUT2D eigenvalue weighted by molar-refractivity contribution is 5.76. The first-order chi connectivity index (χ1) is 9.55. The summed E-state index contributed by atoms with van der Waals surface area (Å²) >= 11 is 0. The van der Waals surface area contributed by atoms with E-state index in [1.807, 2.05) is 0 Å². The zero-order chi connectivity index (χ0) is 13.9. The van der Waals surface area contributed by atoms with E-state index in [0.29, 0.717) is 17.5 Å². The smallest absolute Gasteiger partial charge is 0.344 e. The van der Waals surface area contributed by atoms with Crippen LogP contribution in [-0.2, 0) is 6.18 Å². The van der Waals surface area contributed by atoms with Crippen LogP contribution in [0.4, 0.5) is 24.7 Å². The van der Waals surface area contributed by atoms with Gasteiger partial charge in [0, 0.05) is 31.9 Å². The van der Waals surface area contributed by atoms with Gasteiger partial charge in [-0.1, -0.05) is 0 Å². The van der Waals surface area contributed by atoms with Gasteiger partial charge in [-0.05, 0) is 18.9 Å². The molecule has 1 saturated heterocycles. The van der Waals surface area contributed by atoms with E-state index in [2.05, 4.69) is 20.1 Å². The molecule has 7 heteroatoms. The van der Waals surface area contributed by atoms with E-state index in [1.54, 1.807) is 0 Å². The molecule has 0 aromatic carbocycles. The van der Waals surface area contributed by atoms with Gasteiger partial charge in [-0.2, -0.15) is 13.2 Å². The van der Waals surface area contributed by atoms with Gasteiger partial charge < -0.3 is 15.1 Å². The van der Waals surface area contributed by atoms with E-state index in [1.165, 1.54) is 6.07 Å². The number of nitrogens with zero attached hydrogens (tertiary/aromatic N) is 3. The number of hydrogen-bond donors (Lipinski definition) is 1. The summed E-state index contributed by atoms with van der Waals surface area (Å²) < 4.78 is 38.7. The standard InChI is InChI=1S/C13H15F3N4/c14-13(15,16)8-5-10-12(18-6-8)19-4-3-17-7-11(19)20(10)9-1-2-9/h5-6,9,11,17H,1-4,7H2/t11-/m1/s1. The number of nitrogens with one attached hydrogen (secondary N) is 1. The predicted octanol–water partition coefficient (Wildman–Crippen LogP) is 1.82. The molecule has 20 heavy (non-hydrogen) atoms. The third kappa shape index (κ3) is 1.76. The number of piperazine rings is 1. The number of aromatic nitrogens is 1. The molecule has 1 saturated carbocycles. The molecule has 3 aliphatic rings. The lowest BCUT2D eigenvalue weighted by Gasteiger charge is -2.36. The van der Waals surface area contributed by atoms with Gasteiger partial charge in [-0.25, -0.2) is 4.98 Å². The summed E-state index contributed by atoms with van der Waals surface area (Å²) in [5, 5.41) is 3.32. The number of anilines is 2. The van der Waals surface area contributed by atoms with E-state index >= 15 is 0 Å². The van der Waals surface area contributed by atoms with Crippen molar-refractivity contribution in [1.29, 1.82) is 0 Å². The molecular formula is C13H15F3N4. The van der Waals surface area contributed by atoms with E-state index in [-0.39, 0.29) is 6.17 Å². The fourth-order valence-electron chi connectivity index (χ4n) is 3.15. The van der Waals surface area contributed by atoms with Crippen molar-refractivity contribution in [3.63, 3.8) is 0 Å². The van der Waals surface area contributed by atoms with Gasteiger partial charge in [0.1, 0.15) is 6.17 Å². The van der Waals surface area contributed by atoms with Crippen LogP contribution in [0.5, 0.6) is 0 Å². The SMILES string of the molecule is FC(F)(F)c1cnc2c(c1)N(C1CC1)[C@@H]1CNCCN21. The Bertz CT molecular complexity index is 541. The molecule has 1 atom stereocenters. The Balaban J connectivity index is 1.80. The lowest BCUT2D eigenvalue weighted by molar-refractivity contribution is -0.137. The minimum absolute atomic E-state index is 0.113. The van der Waals surface area contributed by atoms with Crippen LogP contribution in [0.25, 0.3) is 0 Å². The van der Waals surface area contributed by atoms with Crippen molar-refractivity contribution >= 4 is 11.5 Å². The van der Waals surface area contributed by atoms with Crippen molar-refractivity contribution in [2.24, 2.45) is 0 Å². The summed E-state index contributed by atoms with van der Waals surface area (Å²) in [4.78, 5) is 8.36. The first-order valence-electron chi connectivity index (χ1n) is 6.88. The maximum Gasteiger partial charge on any atom is 0.417 e. The maximum absolute atomic E-state index is 12.9. The molecule has 1 aliphatic carbocycles. The van der Waals surface area contributed by atoms with Crippen LogP contribution in [0.1, 0.15) is 18.4 Å². The molecule has 1 aromatic rings. The van der Waals surface area contributed by atoms with Gasteiger partial charge in [-0.15, -0.1) is 0 Å². The summed E-state index contributed by atoms with van der Waals surface area (Å²) in [6, 6.07) is 1.63. The van der Waals surface area contributed by atoms with Crippen LogP contribution in [0.15, 0.2) is 12.3 Å². The number of alkyl halides is 3. The highest BCUT2D eigenvalue weighted by atomic mass is 19.4. The van der Waals surface area contributed by atoms with E-state index < -0.39 is 11.7 Å². The van der Waals surface area contributed by atoms with Gasteiger partial charge in [0.2, 0.25) is 0 Å². The van der Waals surface area contributed by atoms with Crippen molar-refractivity contribution in [2.75, 3.05) is 29.4 Å². The predicted molar refractivity (Wildman–Crippen MR) is 68.7 cm³/mol. The Kier molecular flexibility index (Phi) is 2.45. The molecule has 4 rings (SSSR count). The first kappa shape index (κ1) is 12.3. The normalized spacial score (nSPS) is 25.6. The molecule has 2 aliphatic heterocycles. The topological polar surface area (TPSA) is 31.4 Å². The molecule has 3 heterocycles. The fraction of sp³-hybridized carbons (Fsp3) is 0.615. The van der Waals surface area contributed by atoms with Crippen LogP contribution in [0, 0.1) is 0 Å². The van der Waals surface area contributed by atoms with Gasteiger partial charge in [0.05, 0.1) is 11.3 Å². The summed E-state index contributed by atoms with van der Waals surface area (Å²) in [5.74, 6) is 0.705. The van der Waals surface area contributed by atoms with Gasteiger partial charge >= 0.3 is 6.18 Å². The number of hydrogen-bond acceptors (Lipinski definition) is 4. The Labute approximate surface area is 114 Å². The third-order valence-electron chi connectivity index (χ3n) is 4.20. The molecule has 0 spiro atoms. The molecule has 1 N–H and O–H groups in total. The van der Waals surface area contributed by atoms with Gasteiger partial charge in [0.15, 0.2) is 5.82 Å². The molecule has 1 aromatic heterocycles. The molecule has 0 unspecified atom stereocenters. The lowest BCUT2D eigenvalue weighted by Crippen LogP contribution is -2.56. The highest BCUT2D eigenvalue weighted by Crippen LogP contribution is 2.46. The summed E-state index contributed by atoms with van der Waals surface area (Å²) in [7, 11) is 0. The second-order valence-corrected chi connectivity index (χ2v) is 5.58. The van der Waals surface area contributed by atoms with Crippen LogP contribution in [0.3, 0.4) is 0 Å². The minimum atomic E-state index is -4.33. The molecule has 2 fully saturated rings. The fourth-order valence-corrected chi connectivity index (χ4v) is 3.15. The molecule has 4 nitrogen and oxygen atoms in total. The summed E-state index contributed by atoms with van der Waals surface area (Å²) in [5.41, 5.74) is -0.00858. The molecule has 0 radical (unpaired) electrons. The molecule has 0 bridgehead atoms.